The van der Waals surface area contributed by atoms with Gasteiger partial charge in [0.25, 0.3) is 0 Å². The molecule has 0 spiro atoms. The van der Waals surface area contributed by atoms with Gasteiger partial charge in [0.2, 0.25) is 0 Å². The lowest BCUT2D eigenvalue weighted by Gasteiger charge is -2.38. The summed E-state index contributed by atoms with van der Waals surface area (Å²) in [4.78, 5) is 26.9. The molecule has 0 aromatic heterocycles. The summed E-state index contributed by atoms with van der Waals surface area (Å²) in [5, 5.41) is 11.5. The van der Waals surface area contributed by atoms with Crippen molar-refractivity contribution in [2.24, 2.45) is 0 Å². The predicted octanol–water partition coefficient (Wildman–Crippen LogP) is -0.780. The summed E-state index contributed by atoms with van der Waals surface area (Å²) in [7, 11) is -1.31. The standard InChI is InChI=1S/C12H23N3O5S/c1-9-8-14(2)5-6-15(9)12(18)13-10(11(16)17)4-7-21(3,19)20/h9-10H,4-8H2,1-3H3,(H,13,18)(H,16,17). The lowest BCUT2D eigenvalue weighted by atomic mass is 10.2. The maximum absolute atomic E-state index is 12.1. The predicted molar refractivity (Wildman–Crippen MR) is 77.9 cm³/mol. The first-order chi connectivity index (χ1) is 9.60. The van der Waals surface area contributed by atoms with Crippen LogP contribution in [0.1, 0.15) is 13.3 Å². The lowest BCUT2D eigenvalue weighted by Crippen LogP contribution is -2.57. The maximum Gasteiger partial charge on any atom is 0.326 e. The molecule has 122 valence electrons. The molecule has 2 N–H and O–H groups in total. The fourth-order valence-corrected chi connectivity index (χ4v) is 2.93. The number of carboxylic acid groups (broad SMARTS) is 1. The van der Waals surface area contributed by atoms with E-state index in [0.717, 1.165) is 12.8 Å². The zero-order valence-corrected chi connectivity index (χ0v) is 13.4. The monoisotopic (exact) mass is 321 g/mol. The highest BCUT2D eigenvalue weighted by atomic mass is 32.2. The highest BCUT2D eigenvalue weighted by Gasteiger charge is 2.29. The number of carboxylic acids is 1. The number of aliphatic carboxylic acids is 1. The van der Waals surface area contributed by atoms with Crippen molar-refractivity contribution < 1.29 is 23.1 Å². The highest BCUT2D eigenvalue weighted by molar-refractivity contribution is 7.90. The number of hydrogen-bond acceptors (Lipinski definition) is 5. The molecule has 9 heteroatoms. The minimum Gasteiger partial charge on any atom is -0.480 e. The van der Waals surface area contributed by atoms with Crippen LogP contribution >= 0.6 is 0 Å². The molecule has 2 amide bonds. The molecule has 1 aliphatic heterocycles. The van der Waals surface area contributed by atoms with E-state index in [9.17, 15) is 18.0 Å². The highest BCUT2D eigenvalue weighted by Crippen LogP contribution is 2.09. The second kappa shape index (κ2) is 7.08. The summed E-state index contributed by atoms with van der Waals surface area (Å²) in [5.74, 6) is -1.50. The number of carbonyl (C=O) groups excluding carboxylic acids is 1. The van der Waals surface area contributed by atoms with Crippen molar-refractivity contribution in [1.29, 1.82) is 0 Å². The molecule has 1 heterocycles. The van der Waals surface area contributed by atoms with Crippen LogP contribution in [0.25, 0.3) is 0 Å². The average molecular weight is 321 g/mol. The van der Waals surface area contributed by atoms with E-state index in [4.69, 9.17) is 5.11 Å². The van der Waals surface area contributed by atoms with Gasteiger partial charge in [-0.2, -0.15) is 0 Å². The van der Waals surface area contributed by atoms with E-state index in [1.165, 1.54) is 0 Å². The Hall–Kier alpha value is -1.35. The van der Waals surface area contributed by atoms with E-state index in [1.54, 1.807) is 4.90 Å². The van der Waals surface area contributed by atoms with Crippen LogP contribution in [0.4, 0.5) is 4.79 Å². The normalized spacial score (nSPS) is 21.9. The smallest absolute Gasteiger partial charge is 0.326 e. The van der Waals surface area contributed by atoms with Crippen LogP contribution in [0.2, 0.25) is 0 Å². The fraction of sp³-hybridized carbons (Fsp3) is 0.833. The van der Waals surface area contributed by atoms with Gasteiger partial charge in [-0.3, -0.25) is 0 Å². The summed E-state index contributed by atoms with van der Waals surface area (Å²) in [6, 6.07) is -1.68. The van der Waals surface area contributed by atoms with Crippen molar-refractivity contribution in [2.75, 3.05) is 38.7 Å². The molecule has 2 atom stereocenters. The number of amides is 2. The van der Waals surface area contributed by atoms with Crippen molar-refractivity contribution >= 4 is 21.8 Å². The second-order valence-corrected chi connectivity index (χ2v) is 7.82. The molecule has 0 aromatic carbocycles. The summed E-state index contributed by atoms with van der Waals surface area (Å²) in [6.07, 6.45) is 0.901. The number of sulfone groups is 1. The summed E-state index contributed by atoms with van der Waals surface area (Å²) in [5.41, 5.74) is 0. The third-order valence-corrected chi connectivity index (χ3v) is 4.44. The van der Waals surface area contributed by atoms with Gasteiger partial charge in [-0.25, -0.2) is 18.0 Å². The van der Waals surface area contributed by atoms with Crippen LogP contribution in [0.3, 0.4) is 0 Å². The van der Waals surface area contributed by atoms with Gasteiger partial charge in [0.1, 0.15) is 15.9 Å². The van der Waals surface area contributed by atoms with E-state index in [1.807, 2.05) is 14.0 Å². The molecule has 21 heavy (non-hydrogen) atoms. The minimum absolute atomic E-state index is 0.0203. The lowest BCUT2D eigenvalue weighted by molar-refractivity contribution is -0.139. The maximum atomic E-state index is 12.1. The van der Waals surface area contributed by atoms with Gasteiger partial charge >= 0.3 is 12.0 Å². The molecule has 1 saturated heterocycles. The van der Waals surface area contributed by atoms with Gasteiger partial charge in [0.05, 0.1) is 5.75 Å². The molecule has 0 aliphatic carbocycles. The van der Waals surface area contributed by atoms with E-state index >= 15 is 0 Å². The first kappa shape index (κ1) is 17.7. The van der Waals surface area contributed by atoms with Crippen molar-refractivity contribution in [3.63, 3.8) is 0 Å². The van der Waals surface area contributed by atoms with Gasteiger partial charge in [0, 0.05) is 31.9 Å². The van der Waals surface area contributed by atoms with E-state index in [0.29, 0.717) is 13.1 Å². The Morgan fingerprint density at radius 3 is 2.48 bits per heavy atom. The summed E-state index contributed by atoms with van der Waals surface area (Å²) < 4.78 is 22.2. The van der Waals surface area contributed by atoms with Crippen LogP contribution in [0.15, 0.2) is 0 Å². The Morgan fingerprint density at radius 1 is 1.38 bits per heavy atom. The van der Waals surface area contributed by atoms with Crippen molar-refractivity contribution in [2.45, 2.75) is 25.4 Å². The minimum atomic E-state index is -3.27. The van der Waals surface area contributed by atoms with E-state index < -0.39 is 27.9 Å². The number of piperazine rings is 1. The largest absolute Gasteiger partial charge is 0.480 e. The zero-order chi connectivity index (χ0) is 16.2. The van der Waals surface area contributed by atoms with Crippen LogP contribution in [-0.2, 0) is 14.6 Å². The quantitative estimate of drug-likeness (QED) is 0.688. The van der Waals surface area contributed by atoms with E-state index in [2.05, 4.69) is 10.2 Å². The Bertz CT molecular complexity index is 493. The first-order valence-electron chi connectivity index (χ1n) is 6.76. The molecule has 1 rings (SSSR count). The van der Waals surface area contributed by atoms with Gasteiger partial charge in [-0.1, -0.05) is 0 Å². The Balaban J connectivity index is 2.62. The number of urea groups is 1. The Labute approximate surface area is 125 Å². The van der Waals surface area contributed by atoms with Crippen LogP contribution < -0.4 is 5.32 Å². The SMILES string of the molecule is CC1CN(C)CCN1C(=O)NC(CCS(C)(=O)=O)C(=O)O. The van der Waals surface area contributed by atoms with Gasteiger partial charge in [-0.15, -0.1) is 0 Å². The van der Waals surface area contributed by atoms with Gasteiger partial charge < -0.3 is 20.2 Å². The molecule has 0 bridgehead atoms. The van der Waals surface area contributed by atoms with Crippen LogP contribution in [0.5, 0.6) is 0 Å². The average Bonchev–Trinajstić information content (AvgIpc) is 2.32. The Morgan fingerprint density at radius 2 is 2.00 bits per heavy atom. The molecule has 0 saturated carbocycles. The Kier molecular flexibility index (Phi) is 5.97. The number of rotatable bonds is 5. The van der Waals surface area contributed by atoms with Crippen molar-refractivity contribution in [3.8, 4) is 0 Å². The molecular formula is C12H23N3O5S. The number of nitrogens with zero attached hydrogens (tertiary/aromatic N) is 2. The first-order valence-corrected chi connectivity index (χ1v) is 8.82. The van der Waals surface area contributed by atoms with Gasteiger partial charge in [-0.05, 0) is 20.4 Å². The number of likely N-dealkylation sites (N-methyl/N-ethyl adjacent to an activating group) is 1. The van der Waals surface area contributed by atoms with Crippen molar-refractivity contribution in [1.82, 2.24) is 15.1 Å². The molecule has 1 fully saturated rings. The second-order valence-electron chi connectivity index (χ2n) is 5.56. The molecule has 2 unspecified atom stereocenters. The molecule has 0 aromatic rings. The number of nitrogens with one attached hydrogen (secondary N) is 1. The fourth-order valence-electron chi connectivity index (χ4n) is 2.26. The summed E-state index contributed by atoms with van der Waals surface area (Å²) in [6.45, 7) is 3.84. The number of carbonyl (C=O) groups is 2. The third-order valence-electron chi connectivity index (χ3n) is 3.46. The molecule has 1 aliphatic rings. The van der Waals surface area contributed by atoms with E-state index in [-0.39, 0.29) is 18.2 Å². The molecule has 0 radical (unpaired) electrons. The van der Waals surface area contributed by atoms with Crippen LogP contribution in [0, 0.1) is 0 Å². The van der Waals surface area contributed by atoms with Gasteiger partial charge in [0.15, 0.2) is 0 Å². The third kappa shape index (κ3) is 5.88. The summed E-state index contributed by atoms with van der Waals surface area (Å²) >= 11 is 0. The van der Waals surface area contributed by atoms with Crippen molar-refractivity contribution in [3.05, 3.63) is 0 Å². The topological polar surface area (TPSA) is 107 Å². The number of hydrogen-bond donors (Lipinski definition) is 2. The zero-order valence-electron chi connectivity index (χ0n) is 12.6. The molecular weight excluding hydrogens is 298 g/mol. The molecule has 8 nitrogen and oxygen atoms in total. The van der Waals surface area contributed by atoms with Crippen LogP contribution in [-0.4, -0.2) is 86.1 Å².